The van der Waals surface area contributed by atoms with E-state index in [1.165, 1.54) is 0 Å². The largest absolute Gasteiger partial charge is 0.382 e. The molecule has 0 atom stereocenters. The van der Waals surface area contributed by atoms with Gasteiger partial charge in [-0.05, 0) is 28.1 Å². The first-order valence-electron chi connectivity index (χ1n) is 3.57. The lowest BCUT2D eigenvalue weighted by Gasteiger charge is -1.94. The van der Waals surface area contributed by atoms with E-state index in [0.29, 0.717) is 5.82 Å². The third-order valence-electron chi connectivity index (χ3n) is 1.85. The molecule has 1 heterocycles. The van der Waals surface area contributed by atoms with Crippen molar-refractivity contribution in [3.05, 3.63) is 22.7 Å². The number of hydrogen-bond acceptors (Lipinski definition) is 2. The minimum absolute atomic E-state index is 0.569. The van der Waals surface area contributed by atoms with Gasteiger partial charge in [-0.2, -0.15) is 5.10 Å². The molecule has 3 nitrogen and oxygen atoms in total. The molecule has 2 rings (SSSR count). The number of aromatic nitrogens is 2. The quantitative estimate of drug-likeness (QED) is 0.745. The molecular formula is C8H8BrN3. The summed E-state index contributed by atoms with van der Waals surface area (Å²) >= 11 is 3.43. The van der Waals surface area contributed by atoms with E-state index in [1.807, 2.05) is 25.2 Å². The molecule has 0 aliphatic carbocycles. The Labute approximate surface area is 78.3 Å². The van der Waals surface area contributed by atoms with E-state index in [-0.39, 0.29) is 0 Å². The van der Waals surface area contributed by atoms with Gasteiger partial charge in [-0.15, -0.1) is 0 Å². The zero-order valence-corrected chi connectivity index (χ0v) is 8.17. The van der Waals surface area contributed by atoms with Crippen LogP contribution in [0.5, 0.6) is 0 Å². The van der Waals surface area contributed by atoms with Gasteiger partial charge in [0, 0.05) is 11.5 Å². The highest BCUT2D eigenvalue weighted by molar-refractivity contribution is 9.10. The van der Waals surface area contributed by atoms with Crippen molar-refractivity contribution in [1.29, 1.82) is 0 Å². The molecule has 0 aliphatic rings. The van der Waals surface area contributed by atoms with Crippen LogP contribution in [0.25, 0.3) is 10.9 Å². The SMILES string of the molecule is Cn1nc(N)c2c(Br)cccc21. The Morgan fingerprint density at radius 1 is 1.50 bits per heavy atom. The molecule has 0 aliphatic heterocycles. The highest BCUT2D eigenvalue weighted by Crippen LogP contribution is 2.27. The monoisotopic (exact) mass is 225 g/mol. The molecule has 0 saturated carbocycles. The van der Waals surface area contributed by atoms with E-state index in [1.54, 1.807) is 4.68 Å². The van der Waals surface area contributed by atoms with Crippen LogP contribution in [0.15, 0.2) is 22.7 Å². The van der Waals surface area contributed by atoms with Crippen LogP contribution in [0.4, 0.5) is 5.82 Å². The summed E-state index contributed by atoms with van der Waals surface area (Å²) < 4.78 is 2.76. The smallest absolute Gasteiger partial charge is 0.154 e. The Morgan fingerprint density at radius 2 is 2.25 bits per heavy atom. The van der Waals surface area contributed by atoms with Crippen molar-refractivity contribution in [3.63, 3.8) is 0 Å². The van der Waals surface area contributed by atoms with Gasteiger partial charge in [0.2, 0.25) is 0 Å². The van der Waals surface area contributed by atoms with E-state index in [9.17, 15) is 0 Å². The number of rotatable bonds is 0. The number of nitrogens with zero attached hydrogens (tertiary/aromatic N) is 2. The minimum Gasteiger partial charge on any atom is -0.382 e. The number of hydrogen-bond donors (Lipinski definition) is 1. The molecule has 12 heavy (non-hydrogen) atoms. The maximum atomic E-state index is 5.72. The lowest BCUT2D eigenvalue weighted by Crippen LogP contribution is -1.90. The summed E-state index contributed by atoms with van der Waals surface area (Å²) in [6, 6.07) is 5.91. The zero-order chi connectivity index (χ0) is 8.72. The second-order valence-corrected chi connectivity index (χ2v) is 3.50. The van der Waals surface area contributed by atoms with Crippen molar-refractivity contribution in [2.45, 2.75) is 0 Å². The highest BCUT2D eigenvalue weighted by Gasteiger charge is 2.07. The Balaban J connectivity index is 2.99. The van der Waals surface area contributed by atoms with E-state index in [4.69, 9.17) is 5.73 Å². The topological polar surface area (TPSA) is 43.8 Å². The highest BCUT2D eigenvalue weighted by atomic mass is 79.9. The number of halogens is 1. The van der Waals surface area contributed by atoms with Crippen LogP contribution in [0.3, 0.4) is 0 Å². The first-order chi connectivity index (χ1) is 5.70. The normalized spacial score (nSPS) is 10.8. The fraction of sp³-hybridized carbons (Fsp3) is 0.125. The molecule has 0 spiro atoms. The van der Waals surface area contributed by atoms with Gasteiger partial charge in [0.05, 0.1) is 10.9 Å². The maximum absolute atomic E-state index is 5.72. The predicted octanol–water partition coefficient (Wildman–Crippen LogP) is 1.92. The molecule has 4 heteroatoms. The zero-order valence-electron chi connectivity index (χ0n) is 6.58. The first kappa shape index (κ1) is 7.61. The molecular weight excluding hydrogens is 218 g/mol. The van der Waals surface area contributed by atoms with Gasteiger partial charge in [0.1, 0.15) is 0 Å². The Morgan fingerprint density at radius 3 is 2.92 bits per heavy atom. The van der Waals surface area contributed by atoms with Gasteiger partial charge >= 0.3 is 0 Å². The van der Waals surface area contributed by atoms with Crippen LogP contribution in [0.1, 0.15) is 0 Å². The van der Waals surface area contributed by atoms with Crippen molar-refractivity contribution in [1.82, 2.24) is 9.78 Å². The molecule has 0 fully saturated rings. The molecule has 2 N–H and O–H groups in total. The van der Waals surface area contributed by atoms with Gasteiger partial charge < -0.3 is 5.73 Å². The average Bonchev–Trinajstić information content (AvgIpc) is 2.29. The summed E-state index contributed by atoms with van der Waals surface area (Å²) in [6.45, 7) is 0. The van der Waals surface area contributed by atoms with E-state index in [0.717, 1.165) is 15.4 Å². The second-order valence-electron chi connectivity index (χ2n) is 2.64. The number of nitrogen functional groups attached to an aromatic ring is 1. The van der Waals surface area contributed by atoms with E-state index in [2.05, 4.69) is 21.0 Å². The Kier molecular flexibility index (Phi) is 1.58. The van der Waals surface area contributed by atoms with Gasteiger partial charge in [0.15, 0.2) is 5.82 Å². The standard InChI is InChI=1S/C8H8BrN3/c1-12-6-4-2-3-5(9)7(6)8(10)11-12/h2-4H,1H3,(H2,10,11). The van der Waals surface area contributed by atoms with Gasteiger partial charge in [0.25, 0.3) is 0 Å². The molecule has 0 radical (unpaired) electrons. The second kappa shape index (κ2) is 2.48. The van der Waals surface area contributed by atoms with Crippen molar-refractivity contribution < 1.29 is 0 Å². The van der Waals surface area contributed by atoms with Crippen LogP contribution >= 0.6 is 15.9 Å². The van der Waals surface area contributed by atoms with E-state index < -0.39 is 0 Å². The van der Waals surface area contributed by atoms with Gasteiger partial charge in [-0.25, -0.2) is 0 Å². The van der Waals surface area contributed by atoms with Crippen LogP contribution in [0.2, 0.25) is 0 Å². The number of anilines is 1. The Bertz CT molecular complexity index is 433. The number of fused-ring (bicyclic) bond motifs is 1. The minimum atomic E-state index is 0.569. The summed E-state index contributed by atoms with van der Waals surface area (Å²) in [7, 11) is 1.88. The van der Waals surface area contributed by atoms with Crippen molar-refractivity contribution in [2.75, 3.05) is 5.73 Å². The Hall–Kier alpha value is -1.03. The number of nitrogens with two attached hydrogens (primary N) is 1. The third kappa shape index (κ3) is 0.914. The summed E-state index contributed by atoms with van der Waals surface area (Å²) in [6.07, 6.45) is 0. The molecule has 0 amide bonds. The molecule has 0 bridgehead atoms. The van der Waals surface area contributed by atoms with Crippen LogP contribution in [0, 0.1) is 0 Å². The van der Waals surface area contributed by atoms with Crippen LogP contribution in [-0.4, -0.2) is 9.78 Å². The molecule has 2 aromatic rings. The predicted molar refractivity (Wildman–Crippen MR) is 52.8 cm³/mol. The third-order valence-corrected chi connectivity index (χ3v) is 2.51. The molecule has 1 aromatic carbocycles. The first-order valence-corrected chi connectivity index (χ1v) is 4.36. The van der Waals surface area contributed by atoms with Crippen LogP contribution in [-0.2, 0) is 7.05 Å². The fourth-order valence-electron chi connectivity index (χ4n) is 1.30. The van der Waals surface area contributed by atoms with Crippen molar-refractivity contribution in [2.24, 2.45) is 7.05 Å². The lowest BCUT2D eigenvalue weighted by molar-refractivity contribution is 0.802. The fourth-order valence-corrected chi connectivity index (χ4v) is 1.86. The van der Waals surface area contributed by atoms with Crippen LogP contribution < -0.4 is 5.73 Å². The summed E-state index contributed by atoms with van der Waals surface area (Å²) in [4.78, 5) is 0. The number of benzene rings is 1. The molecule has 0 saturated heterocycles. The maximum Gasteiger partial charge on any atom is 0.154 e. The molecule has 1 aromatic heterocycles. The van der Waals surface area contributed by atoms with Crippen molar-refractivity contribution >= 4 is 32.7 Å². The number of aryl methyl sites for hydroxylation is 1. The average molecular weight is 226 g/mol. The summed E-state index contributed by atoms with van der Waals surface area (Å²) in [5.74, 6) is 0.569. The van der Waals surface area contributed by atoms with Gasteiger partial charge in [-0.3, -0.25) is 4.68 Å². The van der Waals surface area contributed by atoms with Crippen molar-refractivity contribution in [3.8, 4) is 0 Å². The summed E-state index contributed by atoms with van der Waals surface area (Å²) in [5, 5.41) is 5.10. The molecule has 0 unspecified atom stereocenters. The lowest BCUT2D eigenvalue weighted by atomic mass is 10.2. The summed E-state index contributed by atoms with van der Waals surface area (Å²) in [5.41, 5.74) is 6.76. The molecule has 62 valence electrons. The van der Waals surface area contributed by atoms with Gasteiger partial charge in [-0.1, -0.05) is 6.07 Å². The van der Waals surface area contributed by atoms with E-state index >= 15 is 0 Å².